The Balaban J connectivity index is 1.88. The number of aryl methyl sites for hydroxylation is 3. The minimum Gasteiger partial charge on any atom is -0.346 e. The zero-order chi connectivity index (χ0) is 19.8. The number of benzene rings is 2. The fraction of sp³-hybridized carbons (Fsp3) is 0.333. The lowest BCUT2D eigenvalue weighted by atomic mass is 10.1. The molecule has 1 atom stereocenters. The van der Waals surface area contributed by atoms with Gasteiger partial charge in [-0.1, -0.05) is 24.6 Å². The molecule has 1 heterocycles. The number of halogens is 1. The summed E-state index contributed by atoms with van der Waals surface area (Å²) < 4.78 is 44.2. The first kappa shape index (κ1) is 19.6. The second-order valence-electron chi connectivity index (χ2n) is 7.13. The molecule has 0 saturated heterocycles. The van der Waals surface area contributed by atoms with Gasteiger partial charge in [0.25, 0.3) is 0 Å². The average Bonchev–Trinajstić information content (AvgIpc) is 2.94. The molecule has 0 aliphatic rings. The third kappa shape index (κ3) is 4.06. The van der Waals surface area contributed by atoms with Gasteiger partial charge in [-0.05, 0) is 62.6 Å². The van der Waals surface area contributed by atoms with Crippen LogP contribution >= 0.6 is 0 Å². The Morgan fingerprint density at radius 2 is 1.74 bits per heavy atom. The predicted octanol–water partition coefficient (Wildman–Crippen LogP) is 4.46. The van der Waals surface area contributed by atoms with Crippen molar-refractivity contribution in [2.24, 2.45) is 0 Å². The zero-order valence-corrected chi connectivity index (χ0v) is 16.9. The molecule has 3 aromatic rings. The average molecular weight is 389 g/mol. The molecular weight excluding hydrogens is 363 g/mol. The molecule has 3 rings (SSSR count). The van der Waals surface area contributed by atoms with E-state index in [0.717, 1.165) is 27.6 Å². The Kier molecular flexibility index (Phi) is 5.40. The van der Waals surface area contributed by atoms with E-state index >= 15 is 0 Å². The van der Waals surface area contributed by atoms with Crippen LogP contribution in [0.4, 0.5) is 4.39 Å². The second-order valence-corrected chi connectivity index (χ2v) is 8.78. The fourth-order valence-electron chi connectivity index (χ4n) is 3.69. The third-order valence-electron chi connectivity index (χ3n) is 4.84. The van der Waals surface area contributed by atoms with Crippen molar-refractivity contribution in [2.75, 3.05) is 0 Å². The molecule has 1 N–H and O–H groups in total. The molecule has 144 valence electrons. The Morgan fingerprint density at radius 1 is 1.07 bits per heavy atom. The fourth-order valence-corrected chi connectivity index (χ4v) is 5.45. The van der Waals surface area contributed by atoms with Gasteiger partial charge in [-0.15, -0.1) is 0 Å². The van der Waals surface area contributed by atoms with E-state index < -0.39 is 10.0 Å². The van der Waals surface area contributed by atoms with Crippen molar-refractivity contribution in [3.05, 3.63) is 65.1 Å². The van der Waals surface area contributed by atoms with Crippen LogP contribution in [0.25, 0.3) is 10.9 Å². The highest BCUT2D eigenvalue weighted by molar-refractivity contribution is 7.89. The van der Waals surface area contributed by atoms with Crippen LogP contribution in [-0.2, 0) is 16.6 Å². The van der Waals surface area contributed by atoms with Crippen LogP contribution in [0.1, 0.15) is 30.0 Å². The van der Waals surface area contributed by atoms with Crippen LogP contribution < -0.4 is 4.72 Å². The third-order valence-corrected chi connectivity index (χ3v) is 6.66. The molecule has 0 amide bonds. The first-order chi connectivity index (χ1) is 12.7. The van der Waals surface area contributed by atoms with Crippen molar-refractivity contribution >= 4 is 20.9 Å². The summed E-state index contributed by atoms with van der Waals surface area (Å²) in [5.74, 6) is -0.279. The van der Waals surface area contributed by atoms with Gasteiger partial charge in [0.15, 0.2) is 0 Å². The summed E-state index contributed by atoms with van der Waals surface area (Å²) in [6, 6.07) is 9.97. The molecule has 0 bridgehead atoms. The first-order valence-corrected chi connectivity index (χ1v) is 10.5. The number of sulfonamides is 1. The number of hydrogen-bond donors (Lipinski definition) is 1. The van der Waals surface area contributed by atoms with Crippen LogP contribution in [0.15, 0.2) is 47.5 Å². The molecule has 0 radical (unpaired) electrons. The lowest BCUT2D eigenvalue weighted by molar-refractivity contribution is 0.491. The molecule has 27 heavy (non-hydrogen) atoms. The van der Waals surface area contributed by atoms with E-state index in [2.05, 4.69) is 4.72 Å². The number of nitrogens with one attached hydrogen (secondary N) is 1. The maximum atomic E-state index is 13.4. The van der Waals surface area contributed by atoms with Crippen LogP contribution in [0.5, 0.6) is 0 Å². The molecule has 0 aliphatic heterocycles. The van der Waals surface area contributed by atoms with Crippen LogP contribution in [0.3, 0.4) is 0 Å². The minimum atomic E-state index is -3.64. The zero-order valence-electron chi connectivity index (χ0n) is 16.1. The Hall–Kier alpha value is -2.18. The highest BCUT2D eigenvalue weighted by Crippen LogP contribution is 2.23. The van der Waals surface area contributed by atoms with Gasteiger partial charge in [0, 0.05) is 29.7 Å². The van der Waals surface area contributed by atoms with Gasteiger partial charge in [0.2, 0.25) is 10.0 Å². The van der Waals surface area contributed by atoms with E-state index in [0.29, 0.717) is 17.9 Å². The van der Waals surface area contributed by atoms with Gasteiger partial charge in [0.1, 0.15) is 5.82 Å². The van der Waals surface area contributed by atoms with Crippen molar-refractivity contribution in [3.8, 4) is 0 Å². The number of rotatable bonds is 6. The summed E-state index contributed by atoms with van der Waals surface area (Å²) in [4.78, 5) is 0.353. The SMILES string of the molecule is CC[C@@H](Cn1ccc2cc(F)ccc21)NS(=O)(=O)c1c(C)cc(C)cc1C. The summed E-state index contributed by atoms with van der Waals surface area (Å²) in [6.07, 6.45) is 2.51. The van der Waals surface area contributed by atoms with Gasteiger partial charge in [-0.2, -0.15) is 0 Å². The van der Waals surface area contributed by atoms with Gasteiger partial charge in [-0.3, -0.25) is 0 Å². The molecule has 2 aromatic carbocycles. The van der Waals surface area contributed by atoms with E-state index in [4.69, 9.17) is 0 Å². The lowest BCUT2D eigenvalue weighted by Gasteiger charge is -2.20. The van der Waals surface area contributed by atoms with Crippen molar-refractivity contribution in [1.29, 1.82) is 0 Å². The van der Waals surface area contributed by atoms with Crippen molar-refractivity contribution in [1.82, 2.24) is 9.29 Å². The van der Waals surface area contributed by atoms with Gasteiger partial charge < -0.3 is 4.57 Å². The first-order valence-electron chi connectivity index (χ1n) is 9.06. The molecule has 0 fully saturated rings. The van der Waals surface area contributed by atoms with Crippen LogP contribution in [0.2, 0.25) is 0 Å². The summed E-state index contributed by atoms with van der Waals surface area (Å²) in [6.45, 7) is 8.04. The largest absolute Gasteiger partial charge is 0.346 e. The Morgan fingerprint density at radius 3 is 2.37 bits per heavy atom. The second kappa shape index (κ2) is 7.44. The highest BCUT2D eigenvalue weighted by Gasteiger charge is 2.23. The highest BCUT2D eigenvalue weighted by atomic mass is 32.2. The summed E-state index contributed by atoms with van der Waals surface area (Å²) in [5, 5.41) is 0.804. The summed E-state index contributed by atoms with van der Waals surface area (Å²) >= 11 is 0. The van der Waals surface area contributed by atoms with E-state index in [1.807, 2.05) is 56.7 Å². The Bertz CT molecular complexity index is 1060. The molecule has 0 unspecified atom stereocenters. The van der Waals surface area contributed by atoms with Crippen LogP contribution in [0, 0.1) is 26.6 Å². The summed E-state index contributed by atoms with van der Waals surface area (Å²) in [7, 11) is -3.64. The van der Waals surface area contributed by atoms with Crippen molar-refractivity contribution < 1.29 is 12.8 Å². The topological polar surface area (TPSA) is 51.1 Å². The molecule has 4 nitrogen and oxygen atoms in total. The normalized spacial score (nSPS) is 13.2. The number of fused-ring (bicyclic) bond motifs is 1. The Labute approximate surface area is 160 Å². The minimum absolute atomic E-state index is 0.268. The number of hydrogen-bond acceptors (Lipinski definition) is 2. The van der Waals surface area contributed by atoms with E-state index in [1.165, 1.54) is 12.1 Å². The summed E-state index contributed by atoms with van der Waals surface area (Å²) in [5.41, 5.74) is 3.42. The van der Waals surface area contributed by atoms with E-state index in [9.17, 15) is 12.8 Å². The lowest BCUT2D eigenvalue weighted by Crippen LogP contribution is -2.38. The van der Waals surface area contributed by atoms with Gasteiger partial charge >= 0.3 is 0 Å². The maximum Gasteiger partial charge on any atom is 0.241 e. The molecule has 0 spiro atoms. The van der Waals surface area contributed by atoms with E-state index in [-0.39, 0.29) is 11.9 Å². The van der Waals surface area contributed by atoms with Crippen LogP contribution in [-0.4, -0.2) is 19.0 Å². The number of aromatic nitrogens is 1. The smallest absolute Gasteiger partial charge is 0.241 e. The number of nitrogens with zero attached hydrogens (tertiary/aromatic N) is 1. The molecule has 1 aromatic heterocycles. The maximum absolute atomic E-state index is 13.4. The van der Waals surface area contributed by atoms with Gasteiger partial charge in [0.05, 0.1) is 4.90 Å². The van der Waals surface area contributed by atoms with Crippen molar-refractivity contribution in [3.63, 3.8) is 0 Å². The standard InChI is InChI=1S/C21H25FN2O2S/c1-5-19(13-24-9-8-17-12-18(22)6-7-20(17)24)23-27(25,26)21-15(3)10-14(2)11-16(21)4/h6-12,19,23H,5,13H2,1-4H3/t19-/m0/s1. The van der Waals surface area contributed by atoms with Gasteiger partial charge in [-0.25, -0.2) is 17.5 Å². The van der Waals surface area contributed by atoms with Crippen molar-refractivity contribution in [2.45, 2.75) is 51.6 Å². The molecule has 0 aliphatic carbocycles. The monoisotopic (exact) mass is 388 g/mol. The predicted molar refractivity (Wildman–Crippen MR) is 107 cm³/mol. The molecule has 0 saturated carbocycles. The van der Waals surface area contributed by atoms with E-state index in [1.54, 1.807) is 6.07 Å². The molecular formula is C21H25FN2O2S. The quantitative estimate of drug-likeness (QED) is 0.678. The molecule has 6 heteroatoms.